The molecule has 0 saturated heterocycles. The number of nitrogens with two attached hydrogens (primary N) is 1. The number of aliphatic hydroxyl groups is 1. The summed E-state index contributed by atoms with van der Waals surface area (Å²) < 4.78 is 0. The minimum absolute atomic E-state index is 0.00561. The van der Waals surface area contributed by atoms with E-state index in [1.807, 2.05) is 6.92 Å². The van der Waals surface area contributed by atoms with Gasteiger partial charge in [-0.05, 0) is 25.3 Å². The maximum atomic E-state index is 12.8. The van der Waals surface area contributed by atoms with Crippen molar-refractivity contribution < 1.29 is 33.9 Å². The summed E-state index contributed by atoms with van der Waals surface area (Å²) >= 11 is 0. The Kier molecular flexibility index (Phi) is 16.2. The van der Waals surface area contributed by atoms with Crippen molar-refractivity contribution >= 4 is 35.4 Å². The summed E-state index contributed by atoms with van der Waals surface area (Å²) in [6, 6.07) is 5.48. The Labute approximate surface area is 233 Å². The largest absolute Gasteiger partial charge is 0.394 e. The van der Waals surface area contributed by atoms with Gasteiger partial charge in [0.05, 0.1) is 19.7 Å². The van der Waals surface area contributed by atoms with E-state index in [1.165, 1.54) is 0 Å². The number of hydrogen-bond acceptors (Lipinski definition) is 8. The third-order valence-corrected chi connectivity index (χ3v) is 5.55. The Hall–Kier alpha value is -4.04. The molecule has 0 bridgehead atoms. The van der Waals surface area contributed by atoms with Gasteiger partial charge in [-0.1, -0.05) is 37.3 Å². The Bertz CT molecular complexity index is 991. The summed E-state index contributed by atoms with van der Waals surface area (Å²) in [5.41, 5.74) is 6.28. The Morgan fingerprint density at radius 1 is 0.775 bits per heavy atom. The normalized spacial score (nSPS) is 12.7. The summed E-state index contributed by atoms with van der Waals surface area (Å²) in [4.78, 5) is 73.9. The van der Waals surface area contributed by atoms with E-state index in [4.69, 9.17) is 10.8 Å². The number of amides is 6. The molecule has 0 radical (unpaired) electrons. The average molecular weight is 564 g/mol. The number of carbonyl (C=O) groups excluding carboxylic acids is 6. The standard InChI is InChI=1S/C26H41N7O7/c1-3-8-21(35)29-12-11-19(33-24(38)18(27)16-34)25(39)31-15-23(37)32-20(13-17-9-6-5-7-10-17)26(40)30-14-22(36)28-4-2/h5-7,9-10,18-20,34H,3-4,8,11-16,27H2,1-2H3,(H,28,36)(H,29,35)(H,30,40)(H,31,39)(H,32,37)(H,33,38). The summed E-state index contributed by atoms with van der Waals surface area (Å²) in [5.74, 6) is -3.36. The van der Waals surface area contributed by atoms with Crippen LogP contribution in [0.5, 0.6) is 0 Å². The first-order valence-electron chi connectivity index (χ1n) is 13.2. The Morgan fingerprint density at radius 2 is 1.40 bits per heavy atom. The van der Waals surface area contributed by atoms with Crippen molar-refractivity contribution in [2.45, 2.75) is 57.7 Å². The quantitative estimate of drug-likeness (QED) is 0.0929. The molecule has 3 atom stereocenters. The minimum atomic E-state index is -1.26. The van der Waals surface area contributed by atoms with Crippen molar-refractivity contribution in [2.75, 3.05) is 32.8 Å². The van der Waals surface area contributed by atoms with Crippen LogP contribution in [0.15, 0.2) is 30.3 Å². The van der Waals surface area contributed by atoms with Gasteiger partial charge in [0, 0.05) is 25.9 Å². The van der Waals surface area contributed by atoms with Gasteiger partial charge in [-0.2, -0.15) is 0 Å². The maximum absolute atomic E-state index is 12.8. The zero-order valence-corrected chi connectivity index (χ0v) is 23.0. The number of benzene rings is 1. The second-order valence-electron chi connectivity index (χ2n) is 8.94. The molecule has 0 fully saturated rings. The fourth-order valence-corrected chi connectivity index (χ4v) is 3.45. The predicted molar refractivity (Wildman–Crippen MR) is 146 cm³/mol. The molecule has 14 nitrogen and oxygen atoms in total. The van der Waals surface area contributed by atoms with Crippen molar-refractivity contribution in [3.63, 3.8) is 0 Å². The van der Waals surface area contributed by atoms with Gasteiger partial charge < -0.3 is 42.7 Å². The van der Waals surface area contributed by atoms with Crippen molar-refractivity contribution in [1.82, 2.24) is 31.9 Å². The number of hydrogen-bond donors (Lipinski definition) is 8. The van der Waals surface area contributed by atoms with Crippen LogP contribution < -0.4 is 37.6 Å². The first kappa shape index (κ1) is 34.0. The summed E-state index contributed by atoms with van der Waals surface area (Å²) in [6.07, 6.45) is 1.09. The molecule has 0 aliphatic rings. The van der Waals surface area contributed by atoms with Crippen LogP contribution in [0, 0.1) is 0 Å². The highest BCUT2D eigenvalue weighted by atomic mass is 16.3. The summed E-state index contributed by atoms with van der Waals surface area (Å²) in [5, 5.41) is 24.2. The zero-order chi connectivity index (χ0) is 29.9. The van der Waals surface area contributed by atoms with E-state index in [-0.39, 0.29) is 37.7 Å². The molecule has 222 valence electrons. The van der Waals surface area contributed by atoms with Crippen molar-refractivity contribution in [3.05, 3.63) is 35.9 Å². The second kappa shape index (κ2) is 19.1. The minimum Gasteiger partial charge on any atom is -0.394 e. The van der Waals surface area contributed by atoms with E-state index in [1.54, 1.807) is 37.3 Å². The highest BCUT2D eigenvalue weighted by molar-refractivity contribution is 5.94. The van der Waals surface area contributed by atoms with E-state index in [2.05, 4.69) is 31.9 Å². The predicted octanol–water partition coefficient (Wildman–Crippen LogP) is -2.81. The number of likely N-dealkylation sites (N-methyl/N-ethyl adjacent to an activating group) is 1. The monoisotopic (exact) mass is 563 g/mol. The Balaban J connectivity index is 2.82. The fourth-order valence-electron chi connectivity index (χ4n) is 3.45. The van der Waals surface area contributed by atoms with Gasteiger partial charge in [-0.25, -0.2) is 0 Å². The lowest BCUT2D eigenvalue weighted by Gasteiger charge is -2.21. The van der Waals surface area contributed by atoms with E-state index in [0.717, 1.165) is 5.56 Å². The van der Waals surface area contributed by atoms with Crippen molar-refractivity contribution in [3.8, 4) is 0 Å². The lowest BCUT2D eigenvalue weighted by Crippen LogP contribution is -2.55. The van der Waals surface area contributed by atoms with Gasteiger partial charge >= 0.3 is 0 Å². The molecule has 0 aliphatic heterocycles. The molecule has 1 rings (SSSR count). The van der Waals surface area contributed by atoms with Gasteiger partial charge in [0.2, 0.25) is 35.4 Å². The van der Waals surface area contributed by atoms with Gasteiger partial charge in [0.1, 0.15) is 18.1 Å². The molecule has 0 spiro atoms. The van der Waals surface area contributed by atoms with E-state index >= 15 is 0 Å². The number of nitrogens with one attached hydrogen (secondary N) is 6. The molecular formula is C26H41N7O7. The molecule has 14 heteroatoms. The smallest absolute Gasteiger partial charge is 0.243 e. The molecular weight excluding hydrogens is 522 g/mol. The van der Waals surface area contributed by atoms with E-state index < -0.39 is 54.9 Å². The van der Waals surface area contributed by atoms with Crippen molar-refractivity contribution in [2.24, 2.45) is 5.73 Å². The van der Waals surface area contributed by atoms with Crippen LogP contribution >= 0.6 is 0 Å². The van der Waals surface area contributed by atoms with Crippen LogP contribution in [0.4, 0.5) is 0 Å². The molecule has 6 amide bonds. The third kappa shape index (κ3) is 13.7. The van der Waals surface area contributed by atoms with Crippen LogP contribution in [0.25, 0.3) is 0 Å². The van der Waals surface area contributed by atoms with Gasteiger partial charge in [-0.3, -0.25) is 28.8 Å². The number of aliphatic hydroxyl groups excluding tert-OH is 1. The fraction of sp³-hybridized carbons (Fsp3) is 0.538. The highest BCUT2D eigenvalue weighted by Crippen LogP contribution is 2.04. The van der Waals surface area contributed by atoms with Crippen LogP contribution in [-0.2, 0) is 35.2 Å². The SMILES string of the molecule is CCCC(=O)NCCC(NC(=O)C(N)CO)C(=O)NCC(=O)NC(Cc1ccccc1)C(=O)NCC(=O)NCC. The number of carbonyl (C=O) groups is 6. The molecule has 0 aromatic heterocycles. The molecule has 0 aliphatic carbocycles. The summed E-state index contributed by atoms with van der Waals surface area (Å²) in [7, 11) is 0. The van der Waals surface area contributed by atoms with Gasteiger partial charge in [0.15, 0.2) is 0 Å². The average Bonchev–Trinajstić information content (AvgIpc) is 2.94. The van der Waals surface area contributed by atoms with Crippen LogP contribution in [0.2, 0.25) is 0 Å². The van der Waals surface area contributed by atoms with Crippen LogP contribution in [-0.4, -0.2) is 91.5 Å². The molecule has 0 saturated carbocycles. The second-order valence-corrected chi connectivity index (χ2v) is 8.94. The van der Waals surface area contributed by atoms with Crippen molar-refractivity contribution in [1.29, 1.82) is 0 Å². The van der Waals surface area contributed by atoms with Gasteiger partial charge in [0.25, 0.3) is 0 Å². The van der Waals surface area contributed by atoms with Crippen LogP contribution in [0.1, 0.15) is 38.7 Å². The van der Waals surface area contributed by atoms with E-state index in [9.17, 15) is 28.8 Å². The van der Waals surface area contributed by atoms with E-state index in [0.29, 0.717) is 19.4 Å². The molecule has 1 aromatic carbocycles. The molecule has 0 heterocycles. The molecule has 9 N–H and O–H groups in total. The Morgan fingerprint density at radius 3 is 2.00 bits per heavy atom. The topological polar surface area (TPSA) is 221 Å². The summed E-state index contributed by atoms with van der Waals surface area (Å²) in [6.45, 7) is 2.63. The highest BCUT2D eigenvalue weighted by Gasteiger charge is 2.25. The lowest BCUT2D eigenvalue weighted by atomic mass is 10.1. The first-order valence-corrected chi connectivity index (χ1v) is 13.2. The molecule has 1 aromatic rings. The van der Waals surface area contributed by atoms with Gasteiger partial charge in [-0.15, -0.1) is 0 Å². The molecule has 3 unspecified atom stereocenters. The third-order valence-electron chi connectivity index (χ3n) is 5.55. The first-order chi connectivity index (χ1) is 19.1. The zero-order valence-electron chi connectivity index (χ0n) is 23.0. The number of rotatable bonds is 18. The lowest BCUT2D eigenvalue weighted by molar-refractivity contribution is -0.132. The molecule has 40 heavy (non-hydrogen) atoms. The van der Waals surface area contributed by atoms with Crippen LogP contribution in [0.3, 0.4) is 0 Å². The maximum Gasteiger partial charge on any atom is 0.243 e.